The molecule has 11 heteroatoms. The minimum Gasteiger partial charge on any atom is -0.475 e. The van der Waals surface area contributed by atoms with Crippen molar-refractivity contribution in [2.24, 2.45) is 0 Å². The number of benzene rings is 2. The standard InChI is InChI=1S/C18H20N4O2.C2HF3O2/c23-17(22-12-10-19-11-13-22)14-6-8-16(9-7-14)21-18(24)20-15-4-2-1-3-5-15;3-2(4,5)1(6)7/h1-9,19H,10-13H2,(H2,20,21,24);(H,6,7). The highest BCUT2D eigenvalue weighted by Gasteiger charge is 2.38. The highest BCUT2D eigenvalue weighted by molar-refractivity contribution is 6.00. The Morgan fingerprint density at radius 1 is 0.871 bits per heavy atom. The number of carboxylic acids is 1. The number of urea groups is 1. The van der Waals surface area contributed by atoms with Gasteiger partial charge in [-0.25, -0.2) is 9.59 Å². The molecule has 1 aliphatic heterocycles. The number of hydrogen-bond donors (Lipinski definition) is 4. The number of anilines is 2. The van der Waals surface area contributed by atoms with E-state index in [9.17, 15) is 22.8 Å². The lowest BCUT2D eigenvalue weighted by atomic mass is 10.1. The Bertz CT molecular complexity index is 884. The summed E-state index contributed by atoms with van der Waals surface area (Å²) in [7, 11) is 0. The molecule has 0 aromatic heterocycles. The summed E-state index contributed by atoms with van der Waals surface area (Å²) in [5.41, 5.74) is 1.99. The number of nitrogens with one attached hydrogen (secondary N) is 3. The first kappa shape index (κ1) is 23.7. The summed E-state index contributed by atoms with van der Waals surface area (Å²) in [4.78, 5) is 35.0. The molecule has 1 aliphatic rings. The highest BCUT2D eigenvalue weighted by atomic mass is 19.4. The Labute approximate surface area is 176 Å². The van der Waals surface area contributed by atoms with Crippen molar-refractivity contribution in [3.05, 3.63) is 60.2 Å². The number of amides is 3. The lowest BCUT2D eigenvalue weighted by Crippen LogP contribution is -2.46. The summed E-state index contributed by atoms with van der Waals surface area (Å²) < 4.78 is 31.7. The Morgan fingerprint density at radius 3 is 1.84 bits per heavy atom. The summed E-state index contributed by atoms with van der Waals surface area (Å²) in [5.74, 6) is -2.73. The molecular weight excluding hydrogens is 417 g/mol. The van der Waals surface area contributed by atoms with Gasteiger partial charge in [-0.05, 0) is 36.4 Å². The van der Waals surface area contributed by atoms with Gasteiger partial charge in [-0.1, -0.05) is 18.2 Å². The van der Waals surface area contributed by atoms with Crippen molar-refractivity contribution in [3.8, 4) is 0 Å². The van der Waals surface area contributed by atoms with Crippen LogP contribution in [0.15, 0.2) is 54.6 Å². The molecule has 31 heavy (non-hydrogen) atoms. The van der Waals surface area contributed by atoms with Gasteiger partial charge >= 0.3 is 18.2 Å². The average molecular weight is 438 g/mol. The van der Waals surface area contributed by atoms with Gasteiger partial charge in [-0.3, -0.25) is 4.79 Å². The molecule has 2 aromatic carbocycles. The molecule has 1 fully saturated rings. The molecule has 0 spiro atoms. The number of nitrogens with zero attached hydrogens (tertiary/aromatic N) is 1. The Hall–Kier alpha value is -3.60. The second kappa shape index (κ2) is 11.0. The van der Waals surface area contributed by atoms with E-state index in [1.807, 2.05) is 35.2 Å². The maximum absolute atomic E-state index is 12.4. The molecular formula is C20H21F3N4O4. The number of carboxylic acid groups (broad SMARTS) is 1. The van der Waals surface area contributed by atoms with Crippen molar-refractivity contribution in [2.75, 3.05) is 36.8 Å². The maximum Gasteiger partial charge on any atom is 0.490 e. The zero-order valence-corrected chi connectivity index (χ0v) is 16.3. The minimum atomic E-state index is -5.08. The summed E-state index contributed by atoms with van der Waals surface area (Å²) in [6.07, 6.45) is -5.08. The van der Waals surface area contributed by atoms with E-state index in [-0.39, 0.29) is 11.9 Å². The van der Waals surface area contributed by atoms with Crippen LogP contribution in [0.3, 0.4) is 0 Å². The fourth-order valence-electron chi connectivity index (χ4n) is 2.56. The van der Waals surface area contributed by atoms with E-state index in [1.165, 1.54) is 0 Å². The van der Waals surface area contributed by atoms with Gasteiger partial charge in [0.1, 0.15) is 0 Å². The van der Waals surface area contributed by atoms with Gasteiger partial charge in [0.2, 0.25) is 0 Å². The molecule has 0 aliphatic carbocycles. The van der Waals surface area contributed by atoms with Crippen molar-refractivity contribution < 1.29 is 32.7 Å². The van der Waals surface area contributed by atoms with E-state index in [4.69, 9.17) is 9.90 Å². The average Bonchev–Trinajstić information content (AvgIpc) is 2.75. The molecule has 4 N–H and O–H groups in total. The monoisotopic (exact) mass is 438 g/mol. The van der Waals surface area contributed by atoms with Crippen LogP contribution in [0.5, 0.6) is 0 Å². The van der Waals surface area contributed by atoms with Crippen LogP contribution in [0, 0.1) is 0 Å². The SMILES string of the molecule is O=C(Nc1ccccc1)Nc1ccc(C(=O)N2CCNCC2)cc1.O=C(O)C(F)(F)F. The molecule has 0 unspecified atom stereocenters. The van der Waals surface area contributed by atoms with Crippen molar-refractivity contribution >= 4 is 29.3 Å². The van der Waals surface area contributed by atoms with Crippen LogP contribution in [0.4, 0.5) is 29.3 Å². The predicted molar refractivity (Wildman–Crippen MR) is 108 cm³/mol. The fourth-order valence-corrected chi connectivity index (χ4v) is 2.56. The van der Waals surface area contributed by atoms with Gasteiger partial charge in [0.05, 0.1) is 0 Å². The van der Waals surface area contributed by atoms with Crippen LogP contribution >= 0.6 is 0 Å². The second-order valence-corrected chi connectivity index (χ2v) is 6.37. The molecule has 8 nitrogen and oxygen atoms in total. The third-order valence-corrected chi connectivity index (χ3v) is 4.07. The third-order valence-electron chi connectivity index (χ3n) is 4.07. The Balaban J connectivity index is 0.000000423. The van der Waals surface area contributed by atoms with E-state index in [0.717, 1.165) is 31.9 Å². The van der Waals surface area contributed by atoms with Crippen molar-refractivity contribution in [3.63, 3.8) is 0 Å². The maximum atomic E-state index is 12.4. The zero-order chi connectivity index (χ0) is 22.9. The van der Waals surface area contributed by atoms with E-state index in [0.29, 0.717) is 11.3 Å². The number of alkyl halides is 3. The Kier molecular flexibility index (Phi) is 8.38. The van der Waals surface area contributed by atoms with Gasteiger partial charge < -0.3 is 26.0 Å². The third kappa shape index (κ3) is 7.97. The summed E-state index contributed by atoms with van der Waals surface area (Å²) in [6.45, 7) is 3.09. The number of rotatable bonds is 3. The van der Waals surface area contributed by atoms with Gasteiger partial charge in [0.25, 0.3) is 5.91 Å². The van der Waals surface area contributed by atoms with Crippen molar-refractivity contribution in [2.45, 2.75) is 6.18 Å². The number of carbonyl (C=O) groups excluding carboxylic acids is 2. The van der Waals surface area contributed by atoms with E-state index in [2.05, 4.69) is 16.0 Å². The van der Waals surface area contributed by atoms with Gasteiger partial charge in [0.15, 0.2) is 0 Å². The summed E-state index contributed by atoms with van der Waals surface area (Å²) >= 11 is 0. The zero-order valence-electron chi connectivity index (χ0n) is 16.3. The van der Waals surface area contributed by atoms with Crippen molar-refractivity contribution in [1.82, 2.24) is 10.2 Å². The van der Waals surface area contributed by atoms with Crippen molar-refractivity contribution in [1.29, 1.82) is 0 Å². The molecule has 0 atom stereocenters. The quantitative estimate of drug-likeness (QED) is 0.589. The highest BCUT2D eigenvalue weighted by Crippen LogP contribution is 2.14. The van der Waals surface area contributed by atoms with Crippen LogP contribution in [0.25, 0.3) is 0 Å². The van der Waals surface area contributed by atoms with Crippen LogP contribution in [-0.4, -0.2) is 60.3 Å². The van der Waals surface area contributed by atoms with Crippen LogP contribution in [-0.2, 0) is 4.79 Å². The minimum absolute atomic E-state index is 0.0248. The number of para-hydroxylation sites is 1. The predicted octanol–water partition coefficient (Wildman–Crippen LogP) is 3.01. The second-order valence-electron chi connectivity index (χ2n) is 6.37. The largest absolute Gasteiger partial charge is 0.490 e. The van der Waals surface area contributed by atoms with Crippen LogP contribution < -0.4 is 16.0 Å². The van der Waals surface area contributed by atoms with Crippen LogP contribution in [0.2, 0.25) is 0 Å². The molecule has 1 saturated heterocycles. The molecule has 1 heterocycles. The van der Waals surface area contributed by atoms with Gasteiger partial charge in [-0.15, -0.1) is 0 Å². The number of halogens is 3. The smallest absolute Gasteiger partial charge is 0.475 e. The first-order valence-electron chi connectivity index (χ1n) is 9.20. The number of hydrogen-bond acceptors (Lipinski definition) is 4. The number of carbonyl (C=O) groups is 3. The number of aliphatic carboxylic acids is 1. The van der Waals surface area contributed by atoms with Crippen LogP contribution in [0.1, 0.15) is 10.4 Å². The first-order chi connectivity index (χ1) is 14.7. The van der Waals surface area contributed by atoms with E-state index in [1.54, 1.807) is 24.3 Å². The molecule has 166 valence electrons. The first-order valence-corrected chi connectivity index (χ1v) is 9.20. The molecule has 2 aromatic rings. The molecule has 0 bridgehead atoms. The molecule has 3 amide bonds. The number of piperazine rings is 1. The van der Waals surface area contributed by atoms with E-state index >= 15 is 0 Å². The normalized spacial score (nSPS) is 13.5. The molecule has 0 radical (unpaired) electrons. The topological polar surface area (TPSA) is 111 Å². The molecule has 0 saturated carbocycles. The summed E-state index contributed by atoms with van der Waals surface area (Å²) in [5, 5.41) is 15.8. The molecule has 3 rings (SSSR count). The fraction of sp³-hybridized carbons (Fsp3) is 0.250. The summed E-state index contributed by atoms with van der Waals surface area (Å²) in [6, 6.07) is 15.9. The Morgan fingerprint density at radius 2 is 1.35 bits per heavy atom. The van der Waals surface area contributed by atoms with Gasteiger partial charge in [0, 0.05) is 43.1 Å². The van der Waals surface area contributed by atoms with Gasteiger partial charge in [-0.2, -0.15) is 13.2 Å². The lowest BCUT2D eigenvalue weighted by Gasteiger charge is -2.27. The lowest BCUT2D eigenvalue weighted by molar-refractivity contribution is -0.192. The van der Waals surface area contributed by atoms with E-state index < -0.39 is 12.1 Å².